The number of amides is 1. The van der Waals surface area contributed by atoms with Gasteiger partial charge in [-0.15, -0.1) is 0 Å². The van der Waals surface area contributed by atoms with Crippen molar-refractivity contribution in [3.8, 4) is 11.1 Å². The lowest BCUT2D eigenvalue weighted by Gasteiger charge is -2.27. The third kappa shape index (κ3) is 5.23. The van der Waals surface area contributed by atoms with E-state index in [2.05, 4.69) is 10.6 Å². The molecule has 1 unspecified atom stereocenters. The molecular weight excluding hydrogens is 462 g/mol. The van der Waals surface area contributed by atoms with Gasteiger partial charge in [-0.1, -0.05) is 37.3 Å². The van der Waals surface area contributed by atoms with Crippen LogP contribution in [0.5, 0.6) is 0 Å². The number of carbonyl (C=O) groups excluding carboxylic acids is 2. The monoisotopic (exact) mass is 493 g/mol. The minimum absolute atomic E-state index is 0.00827. The largest absolute Gasteiger partial charge is 0.377 e. The van der Waals surface area contributed by atoms with Gasteiger partial charge in [0.1, 0.15) is 0 Å². The number of benzene rings is 2. The van der Waals surface area contributed by atoms with Crippen LogP contribution in [0.4, 0.5) is 11.4 Å². The fraction of sp³-hybridized carbons (Fsp3) is 0.333. The molecule has 1 atom stereocenters. The smallest absolute Gasteiger partial charge is 0.248 e. The van der Waals surface area contributed by atoms with Gasteiger partial charge < -0.3 is 10.6 Å². The van der Waals surface area contributed by atoms with Gasteiger partial charge in [0.15, 0.2) is 6.29 Å². The van der Waals surface area contributed by atoms with Crippen molar-refractivity contribution in [1.82, 2.24) is 4.31 Å². The summed E-state index contributed by atoms with van der Waals surface area (Å²) in [5.41, 5.74) is 7.37. The van der Waals surface area contributed by atoms with Crippen molar-refractivity contribution in [2.75, 3.05) is 30.0 Å². The van der Waals surface area contributed by atoms with Gasteiger partial charge in [-0.25, -0.2) is 8.42 Å². The van der Waals surface area contributed by atoms with Crippen LogP contribution in [0.25, 0.3) is 11.1 Å². The minimum Gasteiger partial charge on any atom is -0.377 e. The number of carbonyl (C=O) groups is 2. The molecule has 2 aromatic rings. The summed E-state index contributed by atoms with van der Waals surface area (Å²) >= 11 is 0. The lowest BCUT2D eigenvalue weighted by atomic mass is 9.90. The predicted octanol–water partition coefficient (Wildman–Crippen LogP) is 4.31. The van der Waals surface area contributed by atoms with E-state index in [1.54, 1.807) is 6.08 Å². The topological polar surface area (TPSA) is 95.6 Å². The molecule has 184 valence electrons. The summed E-state index contributed by atoms with van der Waals surface area (Å²) in [6.07, 6.45) is 9.58. The average Bonchev–Trinajstić information content (AvgIpc) is 3.29. The van der Waals surface area contributed by atoms with Crippen molar-refractivity contribution in [3.63, 3.8) is 0 Å². The predicted molar refractivity (Wildman–Crippen MR) is 140 cm³/mol. The summed E-state index contributed by atoms with van der Waals surface area (Å²) in [6.45, 7) is 4.78. The highest BCUT2D eigenvalue weighted by atomic mass is 32.2. The Morgan fingerprint density at radius 1 is 1.23 bits per heavy atom. The summed E-state index contributed by atoms with van der Waals surface area (Å²) in [6, 6.07) is 9.64. The van der Waals surface area contributed by atoms with Gasteiger partial charge in [-0.05, 0) is 72.2 Å². The quantitative estimate of drug-likeness (QED) is 0.341. The second kappa shape index (κ2) is 10.2. The molecule has 0 saturated heterocycles. The number of hydrogen-bond donors (Lipinski definition) is 2. The van der Waals surface area contributed by atoms with E-state index in [0.717, 1.165) is 51.9 Å². The van der Waals surface area contributed by atoms with Crippen LogP contribution in [0.3, 0.4) is 0 Å². The fourth-order valence-electron chi connectivity index (χ4n) is 4.80. The van der Waals surface area contributed by atoms with Crippen LogP contribution in [0.2, 0.25) is 0 Å². The molecule has 0 bridgehead atoms. The number of anilines is 2. The highest BCUT2D eigenvalue weighted by Crippen LogP contribution is 2.41. The number of hydrogen-bond acceptors (Lipinski definition) is 5. The SMILES string of the molecule is CC/C=C/C(=O)Nc1cccc(-c2ccc(C=O)c3c2CC(C2=CCN(S(C)(=O)=O)CC2)N3)c1C. The number of nitrogens with zero attached hydrogens (tertiary/aromatic N) is 1. The molecule has 1 amide bonds. The molecule has 2 aromatic carbocycles. The normalized spacial score (nSPS) is 18.1. The first kappa shape index (κ1) is 24.9. The molecule has 4 rings (SSSR count). The number of allylic oxidation sites excluding steroid dienone is 1. The third-order valence-electron chi connectivity index (χ3n) is 6.71. The zero-order chi connectivity index (χ0) is 25.2. The van der Waals surface area contributed by atoms with Crippen molar-refractivity contribution >= 4 is 33.6 Å². The van der Waals surface area contributed by atoms with Crippen molar-refractivity contribution in [2.45, 2.75) is 39.2 Å². The standard InChI is InChI=1S/C27H31N3O4S/c1-4-5-9-26(32)28-24-8-6-7-21(18(24)2)22-11-10-20(17-31)27-23(22)16-25(29-27)19-12-14-30(15-13-19)35(3,33)34/h5-12,17,25,29H,4,13-16H2,1-3H3,(H,28,32)/b9-5+. The molecule has 7 nitrogen and oxygen atoms in total. The Bertz CT molecular complexity index is 1330. The summed E-state index contributed by atoms with van der Waals surface area (Å²) in [7, 11) is -3.21. The van der Waals surface area contributed by atoms with E-state index in [9.17, 15) is 18.0 Å². The van der Waals surface area contributed by atoms with Gasteiger partial charge in [0.2, 0.25) is 15.9 Å². The molecule has 2 N–H and O–H groups in total. The van der Waals surface area contributed by atoms with E-state index >= 15 is 0 Å². The number of rotatable bonds is 7. The maximum absolute atomic E-state index is 12.3. The van der Waals surface area contributed by atoms with E-state index in [1.165, 1.54) is 10.6 Å². The maximum atomic E-state index is 12.3. The van der Waals surface area contributed by atoms with Crippen LogP contribution in [0, 0.1) is 6.92 Å². The molecule has 0 aliphatic carbocycles. The molecule has 8 heteroatoms. The van der Waals surface area contributed by atoms with Crippen molar-refractivity contribution in [2.24, 2.45) is 0 Å². The molecule has 2 heterocycles. The van der Waals surface area contributed by atoms with E-state index in [4.69, 9.17) is 0 Å². The first-order valence-electron chi connectivity index (χ1n) is 11.8. The van der Waals surface area contributed by atoms with Gasteiger partial charge in [0.25, 0.3) is 0 Å². The van der Waals surface area contributed by atoms with Crippen LogP contribution in [-0.2, 0) is 21.2 Å². The van der Waals surface area contributed by atoms with Crippen LogP contribution in [0.15, 0.2) is 54.1 Å². The number of sulfonamides is 1. The van der Waals surface area contributed by atoms with E-state index in [-0.39, 0.29) is 11.9 Å². The van der Waals surface area contributed by atoms with Gasteiger partial charge >= 0.3 is 0 Å². The zero-order valence-corrected chi connectivity index (χ0v) is 21.1. The van der Waals surface area contributed by atoms with Crippen LogP contribution in [0.1, 0.15) is 41.3 Å². The minimum atomic E-state index is -3.21. The second-order valence-corrected chi connectivity index (χ2v) is 11.0. The maximum Gasteiger partial charge on any atom is 0.248 e. The number of fused-ring (bicyclic) bond motifs is 1. The summed E-state index contributed by atoms with van der Waals surface area (Å²) in [5.74, 6) is -0.164. The Balaban J connectivity index is 1.66. The Labute approximate surface area is 207 Å². The molecule has 0 fully saturated rings. The Morgan fingerprint density at radius 3 is 2.69 bits per heavy atom. The van der Waals surface area contributed by atoms with Crippen LogP contribution >= 0.6 is 0 Å². The van der Waals surface area contributed by atoms with Crippen LogP contribution < -0.4 is 10.6 Å². The lowest BCUT2D eigenvalue weighted by molar-refractivity contribution is -0.111. The summed E-state index contributed by atoms with van der Waals surface area (Å²) in [5, 5.41) is 6.49. The molecule has 2 aliphatic heterocycles. The first-order chi connectivity index (χ1) is 16.7. The number of nitrogens with one attached hydrogen (secondary N) is 2. The highest BCUT2D eigenvalue weighted by molar-refractivity contribution is 7.88. The summed E-state index contributed by atoms with van der Waals surface area (Å²) in [4.78, 5) is 24.0. The molecule has 2 aliphatic rings. The average molecular weight is 494 g/mol. The zero-order valence-electron chi connectivity index (χ0n) is 20.3. The van der Waals surface area contributed by atoms with Crippen molar-refractivity contribution < 1.29 is 18.0 Å². The molecule has 0 saturated carbocycles. The van der Waals surface area contributed by atoms with Gasteiger partial charge in [0, 0.05) is 30.0 Å². The van der Waals surface area contributed by atoms with E-state index in [0.29, 0.717) is 31.5 Å². The molecule has 0 radical (unpaired) electrons. The molecule has 35 heavy (non-hydrogen) atoms. The number of aldehydes is 1. The second-order valence-electron chi connectivity index (χ2n) is 9.00. The fourth-order valence-corrected chi connectivity index (χ4v) is 5.57. The van der Waals surface area contributed by atoms with Gasteiger partial charge in [-0.2, -0.15) is 4.31 Å². The third-order valence-corrected chi connectivity index (χ3v) is 7.98. The Morgan fingerprint density at radius 2 is 2.03 bits per heavy atom. The van der Waals surface area contributed by atoms with E-state index < -0.39 is 10.0 Å². The van der Waals surface area contributed by atoms with Gasteiger partial charge in [-0.3, -0.25) is 9.59 Å². The molecule has 0 spiro atoms. The van der Waals surface area contributed by atoms with Crippen LogP contribution in [-0.4, -0.2) is 50.3 Å². The van der Waals surface area contributed by atoms with Crippen molar-refractivity contribution in [1.29, 1.82) is 0 Å². The highest BCUT2D eigenvalue weighted by Gasteiger charge is 2.31. The summed E-state index contributed by atoms with van der Waals surface area (Å²) < 4.78 is 25.2. The lowest BCUT2D eigenvalue weighted by Crippen LogP contribution is -2.36. The first-order valence-corrected chi connectivity index (χ1v) is 13.7. The van der Waals surface area contributed by atoms with Crippen molar-refractivity contribution in [3.05, 3.63) is 70.8 Å². The molecular formula is C27H31N3O4S. The Kier molecular flexibility index (Phi) is 7.23. The molecule has 0 aromatic heterocycles. The van der Waals surface area contributed by atoms with Gasteiger partial charge in [0.05, 0.1) is 12.3 Å². The van der Waals surface area contributed by atoms with E-state index in [1.807, 2.05) is 56.3 Å². The Hall–Kier alpha value is -3.23.